The lowest BCUT2D eigenvalue weighted by atomic mass is 9.90. The Balaban J connectivity index is 1.11. The van der Waals surface area contributed by atoms with Gasteiger partial charge in [-0.1, -0.05) is 84.9 Å². The number of thiophene rings is 1. The van der Waals surface area contributed by atoms with E-state index >= 15 is 0 Å². The molecule has 0 fully saturated rings. The van der Waals surface area contributed by atoms with Gasteiger partial charge in [-0.05, 0) is 129 Å². The Morgan fingerprint density at radius 2 is 0.590 bits per heavy atom. The van der Waals surface area contributed by atoms with Gasteiger partial charge in [-0.15, -0.1) is 11.3 Å². The highest BCUT2D eigenvalue weighted by Crippen LogP contribution is 2.50. The van der Waals surface area contributed by atoms with Crippen LogP contribution in [0.2, 0.25) is 0 Å². The third-order valence-corrected chi connectivity index (χ3v) is 14.1. The highest BCUT2D eigenvalue weighted by atomic mass is 32.1. The Morgan fingerprint density at radius 3 is 1.00 bits per heavy atom. The first-order valence-electron chi connectivity index (χ1n) is 20.5. The van der Waals surface area contributed by atoms with Crippen LogP contribution >= 0.6 is 11.3 Å². The van der Waals surface area contributed by atoms with Gasteiger partial charge in [0.15, 0.2) is 0 Å². The first-order valence-corrected chi connectivity index (χ1v) is 21.4. The average Bonchev–Trinajstić information content (AvgIpc) is 4.12. The fraction of sp³-hybridized carbons (Fsp3) is 0. The molecule has 0 unspecified atom stereocenters. The van der Waals surface area contributed by atoms with Gasteiger partial charge in [0.2, 0.25) is 0 Å². The van der Waals surface area contributed by atoms with Crippen molar-refractivity contribution < 1.29 is 17.7 Å². The summed E-state index contributed by atoms with van der Waals surface area (Å²) < 4.78 is 28.2. The molecule has 0 saturated carbocycles. The van der Waals surface area contributed by atoms with Crippen LogP contribution in [-0.4, -0.2) is 0 Å². The summed E-state index contributed by atoms with van der Waals surface area (Å²) in [5.74, 6) is 0. The first kappa shape index (κ1) is 32.0. The molecule has 0 aliphatic heterocycles. The van der Waals surface area contributed by atoms with Crippen molar-refractivity contribution >= 4 is 141 Å². The third kappa shape index (κ3) is 4.32. The quantitative estimate of drug-likeness (QED) is 0.175. The lowest BCUT2D eigenvalue weighted by molar-refractivity contribution is 0.668. The molecule has 282 valence electrons. The van der Waals surface area contributed by atoms with E-state index in [1.54, 1.807) is 0 Å². The zero-order valence-electron chi connectivity index (χ0n) is 32.2. The number of furan rings is 4. The van der Waals surface area contributed by atoms with Crippen LogP contribution in [0.5, 0.6) is 0 Å². The summed E-state index contributed by atoms with van der Waals surface area (Å²) in [5, 5.41) is 16.1. The van der Waals surface area contributed by atoms with Gasteiger partial charge in [0.25, 0.3) is 0 Å². The Kier molecular flexibility index (Phi) is 6.01. The molecule has 61 heavy (non-hydrogen) atoms. The maximum absolute atomic E-state index is 6.59. The molecule has 0 amide bonds. The maximum Gasteiger partial charge on any atom is 0.136 e. The molecule has 0 N–H and O–H groups in total. The number of benzene rings is 10. The molecule has 0 bridgehead atoms. The molecule has 5 heteroatoms. The normalized spacial score (nSPS) is 12.6. The zero-order chi connectivity index (χ0) is 39.5. The van der Waals surface area contributed by atoms with Crippen molar-refractivity contribution in [2.75, 3.05) is 0 Å². The first-order chi connectivity index (χ1) is 30.2. The van der Waals surface area contributed by atoms with E-state index < -0.39 is 0 Å². The van der Waals surface area contributed by atoms with Crippen LogP contribution in [0.1, 0.15) is 0 Å². The molecule has 0 atom stereocenters. The molecule has 4 nitrogen and oxygen atoms in total. The Hall–Kier alpha value is -7.86. The summed E-state index contributed by atoms with van der Waals surface area (Å²) in [6, 6.07) is 60.6. The molecule has 15 aromatic rings. The van der Waals surface area contributed by atoms with Gasteiger partial charge in [0, 0.05) is 63.3 Å². The van der Waals surface area contributed by atoms with Crippen LogP contribution in [0, 0.1) is 0 Å². The Bertz CT molecular complexity index is 4130. The van der Waals surface area contributed by atoms with Crippen LogP contribution in [0.4, 0.5) is 0 Å². The second-order valence-electron chi connectivity index (χ2n) is 16.3. The van der Waals surface area contributed by atoms with Crippen molar-refractivity contribution in [1.82, 2.24) is 0 Å². The molecule has 0 aliphatic carbocycles. The average molecular weight is 797 g/mol. The van der Waals surface area contributed by atoms with E-state index in [4.69, 9.17) is 17.7 Å². The summed E-state index contributed by atoms with van der Waals surface area (Å²) in [7, 11) is 0. The molecule has 15 rings (SSSR count). The molecular formula is C56H28O4S. The van der Waals surface area contributed by atoms with E-state index in [9.17, 15) is 0 Å². The van der Waals surface area contributed by atoms with Crippen molar-refractivity contribution in [2.24, 2.45) is 0 Å². The summed E-state index contributed by atoms with van der Waals surface area (Å²) in [6.45, 7) is 0. The standard InChI is InChI=1S/C56H28O4S/c1-5-13-45-31(9-1)39-21-29(17-19-49(39)57-45)35-27-53-55(43-23-41-33-11-3-7-15-47(33)59-51(41)25-37(35)43)56-44-24-42-34-12-4-8-16-48(34)60-52(42)26-38(44)36(28-54(56)61-53)30-18-20-50-40(22-30)32-10-2-6-14-46(32)58-50/h1-28H. The van der Waals surface area contributed by atoms with Gasteiger partial charge in [-0.25, -0.2) is 0 Å². The Morgan fingerprint density at radius 1 is 0.246 bits per heavy atom. The Labute approximate surface area is 349 Å². The van der Waals surface area contributed by atoms with Crippen molar-refractivity contribution in [2.45, 2.75) is 0 Å². The highest BCUT2D eigenvalue weighted by molar-refractivity contribution is 7.26. The van der Waals surface area contributed by atoms with Crippen LogP contribution in [0.3, 0.4) is 0 Å². The van der Waals surface area contributed by atoms with Gasteiger partial charge in [0.1, 0.15) is 44.7 Å². The van der Waals surface area contributed by atoms with E-state index in [0.717, 1.165) is 121 Å². The second-order valence-corrected chi connectivity index (χ2v) is 17.4. The summed E-state index contributed by atoms with van der Waals surface area (Å²) in [4.78, 5) is 0. The number of rotatable bonds is 2. The van der Waals surface area contributed by atoms with E-state index in [1.165, 1.54) is 30.9 Å². The van der Waals surface area contributed by atoms with Crippen LogP contribution in [-0.2, 0) is 0 Å². The molecule has 0 aliphatic rings. The summed E-state index contributed by atoms with van der Waals surface area (Å²) in [5.41, 5.74) is 11.7. The van der Waals surface area contributed by atoms with Crippen molar-refractivity contribution in [3.8, 4) is 22.3 Å². The van der Waals surface area contributed by atoms with Crippen LogP contribution in [0.25, 0.3) is 152 Å². The van der Waals surface area contributed by atoms with Gasteiger partial charge in [-0.2, -0.15) is 0 Å². The van der Waals surface area contributed by atoms with E-state index in [1.807, 2.05) is 47.7 Å². The third-order valence-electron chi connectivity index (χ3n) is 13.0. The SMILES string of the molecule is c1ccc2c(c1)oc1ccc(-c3cc4sc5cc(-c6ccc7oc8ccccc8c7c6)c6cc7oc8ccccc8c7cc6c5c4c4cc5c(cc34)oc3ccccc35)cc12. The largest absolute Gasteiger partial charge is 0.456 e. The molecule has 0 radical (unpaired) electrons. The fourth-order valence-corrected chi connectivity index (χ4v) is 11.5. The van der Waals surface area contributed by atoms with Crippen molar-refractivity contribution in [3.05, 3.63) is 170 Å². The van der Waals surface area contributed by atoms with Gasteiger partial charge >= 0.3 is 0 Å². The van der Waals surface area contributed by atoms with Crippen molar-refractivity contribution in [1.29, 1.82) is 0 Å². The fourth-order valence-electron chi connectivity index (χ4n) is 10.3. The van der Waals surface area contributed by atoms with E-state index in [2.05, 4.69) is 133 Å². The van der Waals surface area contributed by atoms with E-state index in [0.29, 0.717) is 0 Å². The summed E-state index contributed by atoms with van der Waals surface area (Å²) >= 11 is 1.86. The number of para-hydroxylation sites is 4. The molecule has 10 aromatic carbocycles. The minimum absolute atomic E-state index is 0.879. The van der Waals surface area contributed by atoms with Gasteiger partial charge < -0.3 is 17.7 Å². The monoisotopic (exact) mass is 796 g/mol. The molecule has 5 heterocycles. The number of fused-ring (bicyclic) bond motifs is 19. The molecule has 0 saturated heterocycles. The highest BCUT2D eigenvalue weighted by Gasteiger charge is 2.22. The lowest BCUT2D eigenvalue weighted by Crippen LogP contribution is -1.86. The van der Waals surface area contributed by atoms with Gasteiger partial charge in [-0.3, -0.25) is 0 Å². The van der Waals surface area contributed by atoms with Crippen LogP contribution < -0.4 is 0 Å². The van der Waals surface area contributed by atoms with E-state index in [-0.39, 0.29) is 0 Å². The topological polar surface area (TPSA) is 52.6 Å². The summed E-state index contributed by atoms with van der Waals surface area (Å²) in [6.07, 6.45) is 0. The minimum atomic E-state index is 0.879. The predicted molar refractivity (Wildman–Crippen MR) is 254 cm³/mol. The second kappa shape index (κ2) is 11.4. The predicted octanol–water partition coefficient (Wildman–Crippen LogP) is 17.3. The molecule has 0 spiro atoms. The number of hydrogen-bond acceptors (Lipinski definition) is 5. The zero-order valence-corrected chi connectivity index (χ0v) is 33.0. The molecule has 5 aromatic heterocycles. The maximum atomic E-state index is 6.59. The number of hydrogen-bond donors (Lipinski definition) is 0. The van der Waals surface area contributed by atoms with Gasteiger partial charge in [0.05, 0.1) is 0 Å². The van der Waals surface area contributed by atoms with Crippen LogP contribution in [0.15, 0.2) is 188 Å². The smallest absolute Gasteiger partial charge is 0.136 e. The minimum Gasteiger partial charge on any atom is -0.456 e. The molecular weight excluding hydrogens is 769 g/mol. The lowest BCUT2D eigenvalue weighted by Gasteiger charge is -2.12. The van der Waals surface area contributed by atoms with Crippen molar-refractivity contribution in [3.63, 3.8) is 0 Å².